The fourth-order valence-corrected chi connectivity index (χ4v) is 1.72. The van der Waals surface area contributed by atoms with Crippen molar-refractivity contribution in [3.05, 3.63) is 52.4 Å². The molecule has 0 saturated heterocycles. The zero-order valence-corrected chi connectivity index (χ0v) is 11.2. The molecule has 0 fully saturated rings. The molecule has 5 heteroatoms. The molecule has 0 aliphatic heterocycles. The van der Waals surface area contributed by atoms with E-state index in [1.54, 1.807) is 25.3 Å². The van der Waals surface area contributed by atoms with E-state index in [4.69, 9.17) is 4.74 Å². The molecule has 0 unspecified atom stereocenters. The molecule has 0 radical (unpaired) electrons. The van der Waals surface area contributed by atoms with Crippen LogP contribution in [0.3, 0.4) is 0 Å². The van der Waals surface area contributed by atoms with Crippen LogP contribution in [0.15, 0.2) is 41.0 Å². The number of ether oxygens (including phenoxy) is 1. The second-order valence-electron chi connectivity index (χ2n) is 3.78. The highest BCUT2D eigenvalue weighted by Gasteiger charge is 2.05. The number of benzene rings is 1. The molecule has 0 aliphatic rings. The van der Waals surface area contributed by atoms with Gasteiger partial charge in [0.25, 0.3) is 0 Å². The molecule has 0 amide bonds. The third-order valence-corrected chi connectivity index (χ3v) is 2.96. The van der Waals surface area contributed by atoms with E-state index in [1.807, 2.05) is 0 Å². The van der Waals surface area contributed by atoms with E-state index >= 15 is 0 Å². The van der Waals surface area contributed by atoms with E-state index in [1.165, 1.54) is 18.2 Å². The van der Waals surface area contributed by atoms with E-state index in [-0.39, 0.29) is 5.82 Å². The summed E-state index contributed by atoms with van der Waals surface area (Å²) in [6.45, 7) is 1.66. The van der Waals surface area contributed by atoms with Crippen LogP contribution in [0.25, 0.3) is 0 Å². The normalized spacial score (nSPS) is 12.2. The summed E-state index contributed by atoms with van der Waals surface area (Å²) in [5, 5.41) is 9.34. The minimum atomic E-state index is -0.563. The lowest BCUT2D eigenvalue weighted by Crippen LogP contribution is -1.94. The molecule has 1 atom stereocenters. The highest BCUT2D eigenvalue weighted by atomic mass is 79.9. The number of aromatic nitrogens is 1. The summed E-state index contributed by atoms with van der Waals surface area (Å²) >= 11 is 3.08. The number of rotatable bonds is 3. The number of hydrogen-bond donors (Lipinski definition) is 1. The van der Waals surface area contributed by atoms with Gasteiger partial charge in [0.05, 0.1) is 10.6 Å². The largest absolute Gasteiger partial charge is 0.439 e. The SMILES string of the molecule is C[C@H](O)c1ccc(Oc2ccc(F)c(Br)c2)nc1. The number of halogens is 2. The second kappa shape index (κ2) is 5.46. The summed E-state index contributed by atoms with van der Waals surface area (Å²) in [5.74, 6) is 0.526. The highest BCUT2D eigenvalue weighted by Crippen LogP contribution is 2.25. The Morgan fingerprint density at radius 1 is 1.33 bits per heavy atom. The van der Waals surface area contributed by atoms with Gasteiger partial charge in [0, 0.05) is 12.3 Å². The van der Waals surface area contributed by atoms with Gasteiger partial charge in [0.15, 0.2) is 0 Å². The first-order valence-corrected chi connectivity index (χ1v) is 6.12. The van der Waals surface area contributed by atoms with Crippen molar-refractivity contribution >= 4 is 15.9 Å². The number of aliphatic hydroxyl groups excluding tert-OH is 1. The van der Waals surface area contributed by atoms with Crippen LogP contribution >= 0.6 is 15.9 Å². The molecule has 0 aliphatic carbocycles. The van der Waals surface area contributed by atoms with E-state index in [2.05, 4.69) is 20.9 Å². The van der Waals surface area contributed by atoms with Gasteiger partial charge in [-0.3, -0.25) is 0 Å². The molecule has 2 aromatic rings. The minimum Gasteiger partial charge on any atom is -0.439 e. The van der Waals surface area contributed by atoms with Crippen molar-refractivity contribution in [1.29, 1.82) is 0 Å². The van der Waals surface area contributed by atoms with Crippen LogP contribution in [0.5, 0.6) is 11.6 Å². The maximum Gasteiger partial charge on any atom is 0.219 e. The van der Waals surface area contributed by atoms with Crippen molar-refractivity contribution in [2.75, 3.05) is 0 Å². The Hall–Kier alpha value is -1.46. The van der Waals surface area contributed by atoms with E-state index in [0.29, 0.717) is 21.7 Å². The van der Waals surface area contributed by atoms with Gasteiger partial charge in [-0.2, -0.15) is 0 Å². The quantitative estimate of drug-likeness (QED) is 0.936. The Bertz CT molecular complexity index is 543. The Morgan fingerprint density at radius 3 is 2.67 bits per heavy atom. The van der Waals surface area contributed by atoms with E-state index in [0.717, 1.165) is 0 Å². The van der Waals surface area contributed by atoms with Gasteiger partial charge in [0.2, 0.25) is 5.88 Å². The summed E-state index contributed by atoms with van der Waals surface area (Å²) in [6, 6.07) is 7.73. The lowest BCUT2D eigenvalue weighted by molar-refractivity contribution is 0.198. The predicted molar refractivity (Wildman–Crippen MR) is 69.0 cm³/mol. The van der Waals surface area contributed by atoms with Gasteiger partial charge in [-0.25, -0.2) is 9.37 Å². The first-order valence-electron chi connectivity index (χ1n) is 5.33. The molecule has 94 valence electrons. The fraction of sp³-hybridized carbons (Fsp3) is 0.154. The van der Waals surface area contributed by atoms with Crippen molar-refractivity contribution in [1.82, 2.24) is 4.98 Å². The summed E-state index contributed by atoms with van der Waals surface area (Å²) in [5.41, 5.74) is 0.711. The molecule has 0 spiro atoms. The van der Waals surface area contributed by atoms with Gasteiger partial charge in [-0.1, -0.05) is 0 Å². The van der Waals surface area contributed by atoms with Crippen LogP contribution in [-0.4, -0.2) is 10.1 Å². The topological polar surface area (TPSA) is 42.4 Å². The molecule has 1 heterocycles. The molecule has 0 bridgehead atoms. The summed E-state index contributed by atoms with van der Waals surface area (Å²) in [7, 11) is 0. The van der Waals surface area contributed by atoms with Crippen LogP contribution in [0.2, 0.25) is 0 Å². The lowest BCUT2D eigenvalue weighted by atomic mass is 10.2. The Kier molecular flexibility index (Phi) is 3.93. The maximum atomic E-state index is 13.0. The van der Waals surface area contributed by atoms with Crippen LogP contribution in [0.4, 0.5) is 4.39 Å². The third-order valence-electron chi connectivity index (χ3n) is 2.36. The third kappa shape index (κ3) is 3.05. The lowest BCUT2D eigenvalue weighted by Gasteiger charge is -2.07. The molecular formula is C13H11BrFNO2. The Morgan fingerprint density at radius 2 is 2.11 bits per heavy atom. The first-order chi connectivity index (χ1) is 8.56. The van der Waals surface area contributed by atoms with E-state index < -0.39 is 6.10 Å². The summed E-state index contributed by atoms with van der Waals surface area (Å²) < 4.78 is 18.8. The Balaban J connectivity index is 2.15. The van der Waals surface area contributed by atoms with Crippen LogP contribution < -0.4 is 4.74 Å². The van der Waals surface area contributed by atoms with Crippen LogP contribution in [0.1, 0.15) is 18.6 Å². The zero-order valence-electron chi connectivity index (χ0n) is 9.60. The predicted octanol–water partition coefficient (Wildman–Crippen LogP) is 3.83. The van der Waals surface area contributed by atoms with Crippen molar-refractivity contribution in [3.8, 4) is 11.6 Å². The van der Waals surface area contributed by atoms with Crippen molar-refractivity contribution in [3.63, 3.8) is 0 Å². The molecule has 1 aromatic carbocycles. The maximum absolute atomic E-state index is 13.0. The molecule has 0 saturated carbocycles. The number of aliphatic hydroxyl groups is 1. The standard InChI is InChI=1S/C13H11BrFNO2/c1-8(17)9-2-5-13(16-7-9)18-10-3-4-12(15)11(14)6-10/h2-8,17H,1H3/t8-/m0/s1. The fourth-order valence-electron chi connectivity index (χ4n) is 1.36. The monoisotopic (exact) mass is 311 g/mol. The number of nitrogens with zero attached hydrogens (tertiary/aromatic N) is 1. The van der Waals surface area contributed by atoms with Crippen LogP contribution in [-0.2, 0) is 0 Å². The smallest absolute Gasteiger partial charge is 0.219 e. The van der Waals surface area contributed by atoms with Gasteiger partial charge in [-0.15, -0.1) is 0 Å². The van der Waals surface area contributed by atoms with Gasteiger partial charge >= 0.3 is 0 Å². The van der Waals surface area contributed by atoms with Gasteiger partial charge < -0.3 is 9.84 Å². The van der Waals surface area contributed by atoms with Crippen molar-refractivity contribution in [2.24, 2.45) is 0 Å². The van der Waals surface area contributed by atoms with Crippen molar-refractivity contribution < 1.29 is 14.2 Å². The summed E-state index contributed by atoms with van der Waals surface area (Å²) in [4.78, 5) is 4.06. The highest BCUT2D eigenvalue weighted by molar-refractivity contribution is 9.10. The zero-order chi connectivity index (χ0) is 13.1. The molecule has 1 N–H and O–H groups in total. The van der Waals surface area contributed by atoms with Crippen molar-refractivity contribution in [2.45, 2.75) is 13.0 Å². The summed E-state index contributed by atoms with van der Waals surface area (Å²) in [6.07, 6.45) is 0.977. The molecule has 1 aromatic heterocycles. The number of hydrogen-bond acceptors (Lipinski definition) is 3. The van der Waals surface area contributed by atoms with Gasteiger partial charge in [-0.05, 0) is 52.7 Å². The molecule has 18 heavy (non-hydrogen) atoms. The van der Waals surface area contributed by atoms with Gasteiger partial charge in [0.1, 0.15) is 11.6 Å². The van der Waals surface area contributed by atoms with E-state index in [9.17, 15) is 9.50 Å². The number of pyridine rings is 1. The second-order valence-corrected chi connectivity index (χ2v) is 4.64. The average Bonchev–Trinajstić information content (AvgIpc) is 2.34. The minimum absolute atomic E-state index is 0.334. The molecule has 2 rings (SSSR count). The molecule has 3 nitrogen and oxygen atoms in total. The first kappa shape index (κ1) is 13.0. The average molecular weight is 312 g/mol. The van der Waals surface area contributed by atoms with Crippen LogP contribution in [0, 0.1) is 5.82 Å². The Labute approximate surface area is 112 Å². The molecular weight excluding hydrogens is 301 g/mol.